The van der Waals surface area contributed by atoms with Gasteiger partial charge in [-0.15, -0.1) is 11.3 Å². The Balaban J connectivity index is 1.72. The molecular formula is C14H14N4S. The topological polar surface area (TPSA) is 61.6 Å². The first kappa shape index (κ1) is 12.1. The molecule has 2 aromatic heterocycles. The maximum absolute atomic E-state index is 9.19. The Morgan fingerprint density at radius 3 is 3.16 bits per heavy atom. The molecule has 0 radical (unpaired) electrons. The molecule has 0 atom stereocenters. The second-order valence-corrected chi connectivity index (χ2v) is 5.33. The van der Waals surface area contributed by atoms with Gasteiger partial charge in [0.25, 0.3) is 0 Å². The Morgan fingerprint density at radius 1 is 1.42 bits per heavy atom. The van der Waals surface area contributed by atoms with Crippen molar-refractivity contribution < 1.29 is 0 Å². The monoisotopic (exact) mass is 270 g/mol. The van der Waals surface area contributed by atoms with Crippen molar-refractivity contribution in [1.82, 2.24) is 9.97 Å². The average Bonchev–Trinajstić information content (AvgIpc) is 3.08. The molecule has 5 heteroatoms. The summed E-state index contributed by atoms with van der Waals surface area (Å²) < 4.78 is 0. The van der Waals surface area contributed by atoms with Gasteiger partial charge in [0.1, 0.15) is 11.9 Å². The van der Waals surface area contributed by atoms with Crippen LogP contribution in [0.2, 0.25) is 0 Å². The maximum atomic E-state index is 9.19. The molecule has 19 heavy (non-hydrogen) atoms. The zero-order valence-electron chi connectivity index (χ0n) is 10.5. The number of aryl methyl sites for hydroxylation is 2. The third-order valence-electron chi connectivity index (χ3n) is 3.33. The van der Waals surface area contributed by atoms with E-state index in [1.165, 1.54) is 5.56 Å². The van der Waals surface area contributed by atoms with Crippen LogP contribution in [0.5, 0.6) is 0 Å². The van der Waals surface area contributed by atoms with Gasteiger partial charge in [-0.1, -0.05) is 0 Å². The highest BCUT2D eigenvalue weighted by Crippen LogP contribution is 2.24. The van der Waals surface area contributed by atoms with Crippen LogP contribution >= 0.6 is 11.3 Å². The highest BCUT2D eigenvalue weighted by atomic mass is 32.1. The molecule has 96 valence electrons. The van der Waals surface area contributed by atoms with Gasteiger partial charge in [-0.05, 0) is 30.9 Å². The SMILES string of the molecule is N#Cc1cc2c(nc1NCCc1cscn1)CCC2. The van der Waals surface area contributed by atoms with Crippen LogP contribution in [0.1, 0.15) is 28.9 Å². The molecule has 0 bridgehead atoms. The van der Waals surface area contributed by atoms with Crippen molar-refractivity contribution in [3.8, 4) is 6.07 Å². The Kier molecular flexibility index (Phi) is 3.43. The number of rotatable bonds is 4. The molecule has 3 rings (SSSR count). The number of pyridine rings is 1. The fourth-order valence-electron chi connectivity index (χ4n) is 2.36. The maximum Gasteiger partial charge on any atom is 0.144 e. The average molecular weight is 270 g/mol. The lowest BCUT2D eigenvalue weighted by Gasteiger charge is -2.09. The fraction of sp³-hybridized carbons (Fsp3) is 0.357. The van der Waals surface area contributed by atoms with Crippen LogP contribution < -0.4 is 5.32 Å². The van der Waals surface area contributed by atoms with Crippen LogP contribution in [0.25, 0.3) is 0 Å². The Morgan fingerprint density at radius 2 is 2.37 bits per heavy atom. The largest absolute Gasteiger partial charge is 0.369 e. The normalized spacial score (nSPS) is 13.0. The molecule has 4 nitrogen and oxygen atoms in total. The molecule has 0 aliphatic heterocycles. The summed E-state index contributed by atoms with van der Waals surface area (Å²) in [4.78, 5) is 8.83. The van der Waals surface area contributed by atoms with Gasteiger partial charge in [-0.3, -0.25) is 0 Å². The number of aromatic nitrogens is 2. The van der Waals surface area contributed by atoms with Gasteiger partial charge in [-0.2, -0.15) is 5.26 Å². The molecule has 1 N–H and O–H groups in total. The summed E-state index contributed by atoms with van der Waals surface area (Å²) in [6.07, 6.45) is 4.08. The third kappa shape index (κ3) is 2.59. The second kappa shape index (κ2) is 5.37. The lowest BCUT2D eigenvalue weighted by atomic mass is 10.1. The molecule has 0 saturated carbocycles. The summed E-state index contributed by atoms with van der Waals surface area (Å²) in [5, 5.41) is 14.5. The van der Waals surface area contributed by atoms with E-state index in [4.69, 9.17) is 0 Å². The molecule has 0 saturated heterocycles. The minimum atomic E-state index is 0.652. The number of thiazole rings is 1. The lowest BCUT2D eigenvalue weighted by molar-refractivity contribution is 0.898. The standard InChI is InChI=1S/C14H14N4S/c15-7-11-6-10-2-1-3-13(10)18-14(11)16-5-4-12-8-19-9-17-12/h6,8-9H,1-5H2,(H,16,18). The van der Waals surface area contributed by atoms with Crippen LogP contribution in [0.3, 0.4) is 0 Å². The molecule has 1 aliphatic rings. The van der Waals surface area contributed by atoms with E-state index >= 15 is 0 Å². The fourth-order valence-corrected chi connectivity index (χ4v) is 2.95. The molecule has 2 heterocycles. The number of anilines is 1. The van der Waals surface area contributed by atoms with Crippen LogP contribution in [0.15, 0.2) is 17.0 Å². The molecule has 0 fully saturated rings. The molecule has 1 aliphatic carbocycles. The van der Waals surface area contributed by atoms with Crippen molar-refractivity contribution >= 4 is 17.2 Å². The van der Waals surface area contributed by atoms with Gasteiger partial charge >= 0.3 is 0 Å². The summed E-state index contributed by atoms with van der Waals surface area (Å²) in [6, 6.07) is 4.22. The van der Waals surface area contributed by atoms with Gasteiger partial charge in [0.05, 0.1) is 16.8 Å². The number of nitrogens with zero attached hydrogens (tertiary/aromatic N) is 3. The number of fused-ring (bicyclic) bond motifs is 1. The van der Waals surface area contributed by atoms with Gasteiger partial charge in [0, 0.05) is 24.0 Å². The van der Waals surface area contributed by atoms with Crippen molar-refractivity contribution in [3.63, 3.8) is 0 Å². The number of nitriles is 1. The first-order chi connectivity index (χ1) is 9.36. The number of hydrogen-bond donors (Lipinski definition) is 1. The second-order valence-electron chi connectivity index (χ2n) is 4.61. The van der Waals surface area contributed by atoms with Gasteiger partial charge in [-0.25, -0.2) is 9.97 Å². The van der Waals surface area contributed by atoms with Crippen molar-refractivity contribution in [2.45, 2.75) is 25.7 Å². The predicted molar refractivity (Wildman–Crippen MR) is 75.3 cm³/mol. The lowest BCUT2D eigenvalue weighted by Crippen LogP contribution is -2.09. The van der Waals surface area contributed by atoms with Crippen molar-refractivity contribution in [3.05, 3.63) is 39.5 Å². The molecule has 0 unspecified atom stereocenters. The van der Waals surface area contributed by atoms with E-state index in [1.807, 2.05) is 17.0 Å². The minimum absolute atomic E-state index is 0.652. The van der Waals surface area contributed by atoms with Gasteiger partial charge < -0.3 is 5.32 Å². The minimum Gasteiger partial charge on any atom is -0.369 e. The Labute approximate surface area is 116 Å². The van der Waals surface area contributed by atoms with E-state index in [9.17, 15) is 5.26 Å². The Bertz CT molecular complexity index is 613. The smallest absolute Gasteiger partial charge is 0.144 e. The highest BCUT2D eigenvalue weighted by molar-refractivity contribution is 7.07. The van der Waals surface area contributed by atoms with Crippen LogP contribution in [0.4, 0.5) is 5.82 Å². The van der Waals surface area contributed by atoms with Crippen molar-refractivity contribution in [1.29, 1.82) is 5.26 Å². The first-order valence-electron chi connectivity index (χ1n) is 6.40. The van der Waals surface area contributed by atoms with Crippen LogP contribution in [-0.4, -0.2) is 16.5 Å². The molecule has 0 amide bonds. The zero-order valence-corrected chi connectivity index (χ0v) is 11.3. The van der Waals surface area contributed by atoms with Crippen LogP contribution in [-0.2, 0) is 19.3 Å². The van der Waals surface area contributed by atoms with Crippen molar-refractivity contribution in [2.24, 2.45) is 0 Å². The molecule has 0 spiro atoms. The summed E-state index contributed by atoms with van der Waals surface area (Å²) >= 11 is 1.60. The molecular weight excluding hydrogens is 256 g/mol. The molecule has 2 aromatic rings. The van der Waals surface area contributed by atoms with Crippen molar-refractivity contribution in [2.75, 3.05) is 11.9 Å². The Hall–Kier alpha value is -1.93. The summed E-state index contributed by atoms with van der Waals surface area (Å²) in [5.41, 5.74) is 5.96. The van der Waals surface area contributed by atoms with E-state index in [0.717, 1.165) is 49.4 Å². The van der Waals surface area contributed by atoms with Crippen LogP contribution in [0, 0.1) is 11.3 Å². The van der Waals surface area contributed by atoms with E-state index in [2.05, 4.69) is 21.4 Å². The predicted octanol–water partition coefficient (Wildman–Crippen LogP) is 2.55. The first-order valence-corrected chi connectivity index (χ1v) is 7.35. The van der Waals surface area contributed by atoms with E-state index in [1.54, 1.807) is 11.3 Å². The van der Waals surface area contributed by atoms with E-state index in [-0.39, 0.29) is 0 Å². The summed E-state index contributed by atoms with van der Waals surface area (Å²) in [6.45, 7) is 0.754. The quantitative estimate of drug-likeness (QED) is 0.927. The highest BCUT2D eigenvalue weighted by Gasteiger charge is 2.16. The molecule has 0 aromatic carbocycles. The van der Waals surface area contributed by atoms with E-state index in [0.29, 0.717) is 5.56 Å². The van der Waals surface area contributed by atoms with E-state index < -0.39 is 0 Å². The summed E-state index contributed by atoms with van der Waals surface area (Å²) in [5.74, 6) is 0.721. The zero-order chi connectivity index (χ0) is 13.1. The number of nitrogens with one attached hydrogen (secondary N) is 1. The third-order valence-corrected chi connectivity index (χ3v) is 3.96. The summed E-state index contributed by atoms with van der Waals surface area (Å²) in [7, 11) is 0. The van der Waals surface area contributed by atoms with Gasteiger partial charge in [0.2, 0.25) is 0 Å². The number of hydrogen-bond acceptors (Lipinski definition) is 5. The van der Waals surface area contributed by atoms with Gasteiger partial charge in [0.15, 0.2) is 0 Å².